The molecule has 152 valence electrons. The van der Waals surface area contributed by atoms with Gasteiger partial charge in [0.1, 0.15) is 0 Å². The van der Waals surface area contributed by atoms with Gasteiger partial charge in [0.05, 0.1) is 0 Å². The van der Waals surface area contributed by atoms with Crippen LogP contribution in [0.25, 0.3) is 0 Å². The van der Waals surface area contributed by atoms with Crippen LogP contribution in [0.3, 0.4) is 0 Å². The first-order valence-corrected chi connectivity index (χ1v) is 10.7. The third-order valence-electron chi connectivity index (χ3n) is 5.42. The Balaban J connectivity index is 1.90. The lowest BCUT2D eigenvalue weighted by Gasteiger charge is -2.14. The first kappa shape index (κ1) is 22.3. The zero-order valence-corrected chi connectivity index (χ0v) is 17.6. The summed E-state index contributed by atoms with van der Waals surface area (Å²) in [5.74, 6) is -0.831. The maximum absolute atomic E-state index is 14.1. The largest absolute Gasteiger partial charge is 0.203 e. The molecule has 0 radical (unpaired) electrons. The van der Waals surface area contributed by atoms with Crippen molar-refractivity contribution in [1.82, 2.24) is 0 Å². The van der Waals surface area contributed by atoms with Crippen molar-refractivity contribution in [1.29, 1.82) is 0 Å². The summed E-state index contributed by atoms with van der Waals surface area (Å²) < 4.78 is 27.9. The monoisotopic (exact) mass is 384 g/mol. The highest BCUT2D eigenvalue weighted by Crippen LogP contribution is 2.23. The summed E-state index contributed by atoms with van der Waals surface area (Å²) in [4.78, 5) is 0. The lowest BCUT2D eigenvalue weighted by atomic mass is 9.92. The number of benzene rings is 1. The number of hydrogen-bond donors (Lipinski definition) is 0. The predicted molar refractivity (Wildman–Crippen MR) is 116 cm³/mol. The van der Waals surface area contributed by atoms with E-state index in [1.807, 2.05) is 0 Å². The summed E-state index contributed by atoms with van der Waals surface area (Å²) in [7, 11) is 0. The van der Waals surface area contributed by atoms with E-state index in [2.05, 4.69) is 50.3 Å². The standard InChI is InChI=1S/C26H34F2/c1-4-5-12-22(17-19-24-18-16-21(3)25(27)26(24)28)13-10-9-11-20(2)23-14-7-6-8-15-23/h7,10,12-16,18,20H,4-6,8-9,11,17,19H2,1-3H3/b13-10-,22-12+/t20-/m1/s1. The van der Waals surface area contributed by atoms with Crippen LogP contribution in [0.1, 0.15) is 69.9 Å². The fraction of sp³-hybridized carbons (Fsp3) is 0.462. The number of rotatable bonds is 10. The second kappa shape index (κ2) is 11.8. The van der Waals surface area contributed by atoms with Gasteiger partial charge in [-0.1, -0.05) is 74.4 Å². The van der Waals surface area contributed by atoms with E-state index in [-0.39, 0.29) is 0 Å². The quantitative estimate of drug-likeness (QED) is 0.357. The van der Waals surface area contributed by atoms with E-state index in [1.165, 1.54) is 11.1 Å². The number of halogens is 2. The van der Waals surface area contributed by atoms with E-state index >= 15 is 0 Å². The fourth-order valence-electron chi connectivity index (χ4n) is 3.49. The van der Waals surface area contributed by atoms with Crippen LogP contribution in [-0.4, -0.2) is 0 Å². The lowest BCUT2D eigenvalue weighted by Crippen LogP contribution is -1.99. The van der Waals surface area contributed by atoms with E-state index in [4.69, 9.17) is 0 Å². The van der Waals surface area contributed by atoms with E-state index in [0.717, 1.165) is 44.9 Å². The first-order chi connectivity index (χ1) is 13.5. The molecule has 0 spiro atoms. The Morgan fingerprint density at radius 3 is 2.68 bits per heavy atom. The number of hydrogen-bond acceptors (Lipinski definition) is 0. The number of unbranched alkanes of at least 4 members (excludes halogenated alkanes) is 1. The van der Waals surface area contributed by atoms with Gasteiger partial charge in [-0.2, -0.15) is 0 Å². The van der Waals surface area contributed by atoms with E-state index < -0.39 is 11.6 Å². The minimum atomic E-state index is -0.716. The fourth-order valence-corrected chi connectivity index (χ4v) is 3.49. The smallest absolute Gasteiger partial charge is 0.162 e. The van der Waals surface area contributed by atoms with Crippen molar-refractivity contribution in [2.45, 2.75) is 72.1 Å². The van der Waals surface area contributed by atoms with Gasteiger partial charge >= 0.3 is 0 Å². The van der Waals surface area contributed by atoms with E-state index in [0.29, 0.717) is 23.5 Å². The van der Waals surface area contributed by atoms with Crippen molar-refractivity contribution in [3.8, 4) is 0 Å². The molecule has 0 saturated carbocycles. The Morgan fingerprint density at radius 2 is 1.96 bits per heavy atom. The molecule has 28 heavy (non-hydrogen) atoms. The van der Waals surface area contributed by atoms with E-state index in [1.54, 1.807) is 19.1 Å². The SMILES string of the molecule is CCC/C=C(\C=C/CC[C@@H](C)C1=CCCC=C1)CCc1ccc(C)c(F)c1F. The zero-order valence-electron chi connectivity index (χ0n) is 17.6. The Bertz CT molecular complexity index is 750. The molecule has 0 saturated heterocycles. The molecule has 1 atom stereocenters. The van der Waals surface area contributed by atoms with Gasteiger partial charge < -0.3 is 0 Å². The highest BCUT2D eigenvalue weighted by Gasteiger charge is 2.11. The van der Waals surface area contributed by atoms with Gasteiger partial charge in [0.15, 0.2) is 11.6 Å². The molecule has 2 heteroatoms. The van der Waals surface area contributed by atoms with Crippen molar-refractivity contribution in [3.05, 3.63) is 82.5 Å². The molecule has 0 aromatic heterocycles. The molecule has 0 aliphatic heterocycles. The summed E-state index contributed by atoms with van der Waals surface area (Å²) in [5, 5.41) is 0. The van der Waals surface area contributed by atoms with Crippen LogP contribution >= 0.6 is 0 Å². The van der Waals surface area contributed by atoms with Crippen LogP contribution in [0.2, 0.25) is 0 Å². The molecule has 1 aromatic rings. The van der Waals surface area contributed by atoms with Crippen LogP contribution in [0.4, 0.5) is 8.78 Å². The van der Waals surface area contributed by atoms with Gasteiger partial charge in [-0.25, -0.2) is 8.78 Å². The van der Waals surface area contributed by atoms with Gasteiger partial charge in [0, 0.05) is 0 Å². The van der Waals surface area contributed by atoms with Crippen molar-refractivity contribution in [2.24, 2.45) is 5.92 Å². The predicted octanol–water partition coefficient (Wildman–Crippen LogP) is 8.18. The van der Waals surface area contributed by atoms with Crippen LogP contribution in [0.5, 0.6) is 0 Å². The molecule has 0 nitrogen and oxygen atoms in total. The van der Waals surface area contributed by atoms with E-state index in [9.17, 15) is 8.78 Å². The molecule has 2 rings (SSSR count). The van der Waals surface area contributed by atoms with Crippen LogP contribution in [0, 0.1) is 24.5 Å². The Morgan fingerprint density at radius 1 is 1.14 bits per heavy atom. The third-order valence-corrected chi connectivity index (χ3v) is 5.42. The Kier molecular flexibility index (Phi) is 9.40. The first-order valence-electron chi connectivity index (χ1n) is 10.7. The summed E-state index contributed by atoms with van der Waals surface area (Å²) in [5.41, 5.74) is 3.49. The molecular weight excluding hydrogens is 350 g/mol. The minimum absolute atomic E-state index is 0.361. The minimum Gasteiger partial charge on any atom is -0.203 e. The Hall–Kier alpha value is -1.96. The third kappa shape index (κ3) is 6.89. The second-order valence-electron chi connectivity index (χ2n) is 7.80. The molecule has 0 amide bonds. The molecule has 0 heterocycles. The average molecular weight is 385 g/mol. The number of aryl methyl sites for hydroxylation is 2. The van der Waals surface area contributed by atoms with Gasteiger partial charge in [0.2, 0.25) is 0 Å². The molecule has 0 unspecified atom stereocenters. The maximum atomic E-state index is 14.1. The molecule has 1 aliphatic carbocycles. The molecule has 0 N–H and O–H groups in total. The van der Waals surface area contributed by atoms with Crippen molar-refractivity contribution in [3.63, 3.8) is 0 Å². The summed E-state index contributed by atoms with van der Waals surface area (Å²) >= 11 is 0. The molecular formula is C26H34F2. The van der Waals surface area contributed by atoms with Gasteiger partial charge in [-0.3, -0.25) is 0 Å². The van der Waals surface area contributed by atoms with Crippen LogP contribution < -0.4 is 0 Å². The lowest BCUT2D eigenvalue weighted by molar-refractivity contribution is 0.493. The summed E-state index contributed by atoms with van der Waals surface area (Å²) in [6.07, 6.45) is 21.4. The summed E-state index contributed by atoms with van der Waals surface area (Å²) in [6.45, 7) is 6.04. The van der Waals surface area contributed by atoms with Gasteiger partial charge in [0.25, 0.3) is 0 Å². The normalized spacial score (nSPS) is 15.9. The number of allylic oxidation sites excluding steroid dienone is 8. The topological polar surface area (TPSA) is 0 Å². The molecule has 1 aliphatic rings. The second-order valence-corrected chi connectivity index (χ2v) is 7.80. The Labute approximate surface area is 169 Å². The summed E-state index contributed by atoms with van der Waals surface area (Å²) in [6, 6.07) is 3.37. The molecule has 1 aromatic carbocycles. The molecule has 0 fully saturated rings. The van der Waals surface area contributed by atoms with Crippen LogP contribution in [0.15, 0.2) is 59.7 Å². The van der Waals surface area contributed by atoms with Crippen molar-refractivity contribution < 1.29 is 8.78 Å². The highest BCUT2D eigenvalue weighted by molar-refractivity contribution is 5.28. The maximum Gasteiger partial charge on any atom is 0.162 e. The highest BCUT2D eigenvalue weighted by atomic mass is 19.2. The average Bonchev–Trinajstić information content (AvgIpc) is 2.72. The van der Waals surface area contributed by atoms with Crippen molar-refractivity contribution >= 4 is 0 Å². The van der Waals surface area contributed by atoms with Crippen molar-refractivity contribution in [2.75, 3.05) is 0 Å². The van der Waals surface area contributed by atoms with Crippen LogP contribution in [-0.2, 0) is 6.42 Å². The zero-order chi connectivity index (χ0) is 20.4. The van der Waals surface area contributed by atoms with Gasteiger partial charge in [-0.15, -0.1) is 0 Å². The molecule has 0 bridgehead atoms. The van der Waals surface area contributed by atoms with Gasteiger partial charge in [-0.05, 0) is 74.5 Å².